The van der Waals surface area contributed by atoms with Gasteiger partial charge in [0.2, 0.25) is 5.91 Å². The topological polar surface area (TPSA) is 55.4 Å². The fraction of sp³-hybridized carbons (Fsp3) is 0.500. The van der Waals surface area contributed by atoms with Gasteiger partial charge in [0.05, 0.1) is 35.1 Å². The number of halogens is 5. The molecule has 4 atom stereocenters. The van der Waals surface area contributed by atoms with Gasteiger partial charge in [0.25, 0.3) is 0 Å². The summed E-state index contributed by atoms with van der Waals surface area (Å²) in [7, 11) is 0. The summed E-state index contributed by atoms with van der Waals surface area (Å²) in [5.41, 5.74) is 0.910. The van der Waals surface area contributed by atoms with Crippen molar-refractivity contribution in [2.24, 2.45) is 23.7 Å². The zero-order chi connectivity index (χ0) is 24.8. The van der Waals surface area contributed by atoms with Crippen LogP contribution in [0.1, 0.15) is 39.2 Å². The molecule has 1 aromatic carbocycles. The minimum atomic E-state index is -4.56. The molecule has 1 aliphatic rings. The first-order valence-electron chi connectivity index (χ1n) is 10.8. The smallest absolute Gasteiger partial charge is 0.392 e. The number of alkyl halides is 3. The Labute approximate surface area is 202 Å². The van der Waals surface area contributed by atoms with Crippen LogP contribution >= 0.6 is 23.2 Å². The summed E-state index contributed by atoms with van der Waals surface area (Å²) >= 11 is 12.1. The summed E-state index contributed by atoms with van der Waals surface area (Å²) in [6.45, 7) is 4.86. The number of rotatable bonds is 9. The first kappa shape index (κ1) is 27.3. The van der Waals surface area contributed by atoms with Gasteiger partial charge in [-0.25, -0.2) is 0 Å². The SMILES string of the molecule is CCOC(=O)[C@H](CC)Cc1ccc(Cl)c(NC(=O)[C@H](C2C=CC(Cl)=CC2)[C@@H](C)C(F)(F)F)c1. The van der Waals surface area contributed by atoms with Crippen LogP contribution < -0.4 is 5.32 Å². The number of hydrogen-bond donors (Lipinski definition) is 1. The minimum Gasteiger partial charge on any atom is -0.466 e. The molecule has 0 aliphatic heterocycles. The van der Waals surface area contributed by atoms with Gasteiger partial charge in [-0.15, -0.1) is 0 Å². The lowest BCUT2D eigenvalue weighted by molar-refractivity contribution is -0.188. The Morgan fingerprint density at radius 3 is 2.48 bits per heavy atom. The van der Waals surface area contributed by atoms with Crippen molar-refractivity contribution in [3.05, 3.63) is 52.0 Å². The third-order valence-electron chi connectivity index (χ3n) is 5.79. The fourth-order valence-corrected chi connectivity index (χ4v) is 4.15. The molecular weight excluding hydrogens is 478 g/mol. The normalized spacial score (nSPS) is 18.8. The minimum absolute atomic E-state index is 0.192. The van der Waals surface area contributed by atoms with E-state index in [1.807, 2.05) is 6.92 Å². The van der Waals surface area contributed by atoms with E-state index in [-0.39, 0.29) is 35.6 Å². The van der Waals surface area contributed by atoms with Crippen LogP contribution in [0.15, 0.2) is 41.5 Å². The molecule has 33 heavy (non-hydrogen) atoms. The number of ether oxygens (including phenoxy) is 1. The lowest BCUT2D eigenvalue weighted by Crippen LogP contribution is -2.40. The summed E-state index contributed by atoms with van der Waals surface area (Å²) < 4.78 is 45.8. The van der Waals surface area contributed by atoms with Gasteiger partial charge in [0.15, 0.2) is 0 Å². The highest BCUT2D eigenvalue weighted by Crippen LogP contribution is 2.40. The lowest BCUT2D eigenvalue weighted by atomic mass is 9.78. The summed E-state index contributed by atoms with van der Waals surface area (Å²) in [5.74, 6) is -5.40. The average Bonchev–Trinajstić information content (AvgIpc) is 2.75. The lowest BCUT2D eigenvalue weighted by Gasteiger charge is -2.31. The van der Waals surface area contributed by atoms with E-state index in [1.54, 1.807) is 31.2 Å². The quantitative estimate of drug-likeness (QED) is 0.370. The first-order chi connectivity index (χ1) is 15.5. The van der Waals surface area contributed by atoms with E-state index in [1.165, 1.54) is 12.2 Å². The number of carbonyl (C=O) groups is 2. The predicted octanol–water partition coefficient (Wildman–Crippen LogP) is 6.92. The highest BCUT2D eigenvalue weighted by Gasteiger charge is 2.46. The van der Waals surface area contributed by atoms with Gasteiger partial charge in [-0.1, -0.05) is 55.3 Å². The number of esters is 1. The summed E-state index contributed by atoms with van der Waals surface area (Å²) in [5, 5.41) is 3.20. The molecule has 0 radical (unpaired) electrons. The van der Waals surface area contributed by atoms with E-state index in [0.717, 1.165) is 6.92 Å². The molecule has 182 valence electrons. The molecule has 9 heteroatoms. The molecule has 0 spiro atoms. The van der Waals surface area contributed by atoms with Crippen LogP contribution in [-0.4, -0.2) is 24.7 Å². The summed E-state index contributed by atoms with van der Waals surface area (Å²) in [6.07, 6.45) is 1.22. The summed E-state index contributed by atoms with van der Waals surface area (Å²) in [6, 6.07) is 4.85. The maximum absolute atomic E-state index is 13.6. The van der Waals surface area contributed by atoms with E-state index in [2.05, 4.69) is 5.32 Å². The van der Waals surface area contributed by atoms with E-state index < -0.39 is 29.8 Å². The number of anilines is 1. The Bertz CT molecular complexity index is 915. The average molecular weight is 506 g/mol. The number of hydrogen-bond acceptors (Lipinski definition) is 3. The van der Waals surface area contributed by atoms with Crippen molar-refractivity contribution >= 4 is 40.8 Å². The predicted molar refractivity (Wildman–Crippen MR) is 124 cm³/mol. The highest BCUT2D eigenvalue weighted by molar-refractivity contribution is 6.33. The Morgan fingerprint density at radius 1 is 1.24 bits per heavy atom. The Hall–Kier alpha value is -1.99. The Kier molecular flexibility index (Phi) is 9.85. The number of amides is 1. The van der Waals surface area contributed by atoms with Crippen molar-refractivity contribution < 1.29 is 27.5 Å². The molecule has 0 saturated carbocycles. The van der Waals surface area contributed by atoms with Gasteiger partial charge in [-0.3, -0.25) is 9.59 Å². The molecule has 1 aromatic rings. The molecular formula is C24H28Cl2F3NO3. The number of nitrogens with one attached hydrogen (secondary N) is 1. The van der Waals surface area contributed by atoms with Gasteiger partial charge in [-0.05, 0) is 55.9 Å². The fourth-order valence-electron chi connectivity index (χ4n) is 3.82. The van der Waals surface area contributed by atoms with Gasteiger partial charge < -0.3 is 10.1 Å². The van der Waals surface area contributed by atoms with Crippen molar-refractivity contribution in [1.29, 1.82) is 0 Å². The number of allylic oxidation sites excluding steroid dienone is 4. The van der Waals surface area contributed by atoms with Gasteiger partial charge in [-0.2, -0.15) is 13.2 Å². The van der Waals surface area contributed by atoms with Gasteiger partial charge >= 0.3 is 12.1 Å². The molecule has 0 saturated heterocycles. The third-order valence-corrected chi connectivity index (χ3v) is 6.40. The van der Waals surface area contributed by atoms with E-state index >= 15 is 0 Å². The Morgan fingerprint density at radius 2 is 1.94 bits per heavy atom. The zero-order valence-electron chi connectivity index (χ0n) is 18.7. The number of benzene rings is 1. The standard InChI is InChI=1S/C24H28Cl2F3NO3/c1-4-16(23(32)33-5-2)12-15-6-11-19(26)20(13-15)30-22(31)21(14(3)24(27,28)29)17-7-9-18(25)10-8-17/h6-7,9-11,13-14,16-17,21H,4-5,8,12H2,1-3H3,(H,30,31)/t14-,16-,17?,21+/m1/s1. The van der Waals surface area contributed by atoms with Crippen LogP contribution in [0.25, 0.3) is 0 Å². The van der Waals surface area contributed by atoms with E-state index in [4.69, 9.17) is 27.9 Å². The van der Waals surface area contributed by atoms with Crippen LogP contribution in [-0.2, 0) is 20.7 Å². The molecule has 2 rings (SSSR count). The van der Waals surface area contributed by atoms with Crippen molar-refractivity contribution in [2.75, 3.05) is 11.9 Å². The van der Waals surface area contributed by atoms with Crippen molar-refractivity contribution in [3.63, 3.8) is 0 Å². The first-order valence-corrected chi connectivity index (χ1v) is 11.6. The maximum atomic E-state index is 13.6. The zero-order valence-corrected chi connectivity index (χ0v) is 20.2. The van der Waals surface area contributed by atoms with Crippen LogP contribution in [0.4, 0.5) is 18.9 Å². The van der Waals surface area contributed by atoms with Crippen LogP contribution in [0, 0.1) is 23.7 Å². The second kappa shape index (κ2) is 11.9. The Balaban J connectivity index is 2.27. The third kappa shape index (κ3) is 7.51. The van der Waals surface area contributed by atoms with Gasteiger partial charge in [0, 0.05) is 5.03 Å². The van der Waals surface area contributed by atoms with Crippen LogP contribution in [0.5, 0.6) is 0 Å². The maximum Gasteiger partial charge on any atom is 0.392 e. The second-order valence-corrected chi connectivity index (χ2v) is 8.91. The van der Waals surface area contributed by atoms with Crippen molar-refractivity contribution in [1.82, 2.24) is 0 Å². The van der Waals surface area contributed by atoms with E-state index in [0.29, 0.717) is 23.4 Å². The summed E-state index contributed by atoms with van der Waals surface area (Å²) in [4.78, 5) is 25.2. The van der Waals surface area contributed by atoms with E-state index in [9.17, 15) is 22.8 Å². The molecule has 1 unspecified atom stereocenters. The largest absolute Gasteiger partial charge is 0.466 e. The molecule has 1 aliphatic carbocycles. The molecule has 0 heterocycles. The van der Waals surface area contributed by atoms with Crippen LogP contribution in [0.2, 0.25) is 5.02 Å². The molecule has 0 aromatic heterocycles. The molecule has 0 fully saturated rings. The van der Waals surface area contributed by atoms with Crippen LogP contribution in [0.3, 0.4) is 0 Å². The molecule has 1 N–H and O–H groups in total. The molecule has 4 nitrogen and oxygen atoms in total. The monoisotopic (exact) mass is 505 g/mol. The van der Waals surface area contributed by atoms with Crippen molar-refractivity contribution in [3.8, 4) is 0 Å². The molecule has 1 amide bonds. The second-order valence-electron chi connectivity index (χ2n) is 8.07. The highest BCUT2D eigenvalue weighted by atomic mass is 35.5. The van der Waals surface area contributed by atoms with Gasteiger partial charge in [0.1, 0.15) is 0 Å². The number of carbonyl (C=O) groups excluding carboxylic acids is 2. The van der Waals surface area contributed by atoms with Crippen molar-refractivity contribution in [2.45, 2.75) is 46.2 Å². The molecule has 0 bridgehead atoms.